The summed E-state index contributed by atoms with van der Waals surface area (Å²) in [4.78, 5) is 0. The Morgan fingerprint density at radius 3 is 2.75 bits per heavy atom. The van der Waals surface area contributed by atoms with Crippen LogP contribution in [0.15, 0.2) is 0 Å². The molecule has 0 spiro atoms. The highest BCUT2D eigenvalue weighted by Gasteiger charge is 2.46. The second-order valence-electron chi connectivity index (χ2n) is 3.06. The molecule has 0 bridgehead atoms. The molecule has 0 aliphatic carbocycles. The standard InChI is InChI=1S/C7H12O5/c1-3-11-6-5(9)4(8)2-10-7(6)12-3/h3-9H,2H2,1H3. The molecule has 0 amide bonds. The van der Waals surface area contributed by atoms with Crippen molar-refractivity contribution in [3.8, 4) is 0 Å². The number of rotatable bonds is 0. The van der Waals surface area contributed by atoms with Crippen LogP contribution in [0.2, 0.25) is 0 Å². The van der Waals surface area contributed by atoms with Crippen molar-refractivity contribution >= 4 is 0 Å². The van der Waals surface area contributed by atoms with E-state index in [4.69, 9.17) is 14.2 Å². The molecule has 0 aromatic rings. The molecule has 70 valence electrons. The van der Waals surface area contributed by atoms with Gasteiger partial charge in [0, 0.05) is 0 Å². The zero-order valence-corrected chi connectivity index (χ0v) is 6.71. The molecule has 2 rings (SSSR count). The van der Waals surface area contributed by atoms with Crippen molar-refractivity contribution in [2.75, 3.05) is 6.61 Å². The average Bonchev–Trinajstić information content (AvgIpc) is 2.39. The van der Waals surface area contributed by atoms with Gasteiger partial charge in [-0.3, -0.25) is 0 Å². The monoisotopic (exact) mass is 176 g/mol. The molecule has 5 unspecified atom stereocenters. The van der Waals surface area contributed by atoms with Gasteiger partial charge in [-0.25, -0.2) is 0 Å². The van der Waals surface area contributed by atoms with Crippen LogP contribution in [0.3, 0.4) is 0 Å². The maximum Gasteiger partial charge on any atom is 0.189 e. The van der Waals surface area contributed by atoms with Gasteiger partial charge in [-0.05, 0) is 6.92 Å². The lowest BCUT2D eigenvalue weighted by Gasteiger charge is -2.31. The second-order valence-corrected chi connectivity index (χ2v) is 3.06. The molecule has 0 aromatic carbocycles. The van der Waals surface area contributed by atoms with E-state index >= 15 is 0 Å². The van der Waals surface area contributed by atoms with Gasteiger partial charge in [0.2, 0.25) is 0 Å². The fourth-order valence-corrected chi connectivity index (χ4v) is 1.47. The van der Waals surface area contributed by atoms with Crippen molar-refractivity contribution in [3.63, 3.8) is 0 Å². The Morgan fingerprint density at radius 1 is 1.25 bits per heavy atom. The predicted octanol–water partition coefficient (Wildman–Crippen LogP) is -1.17. The van der Waals surface area contributed by atoms with Crippen LogP contribution in [0.1, 0.15) is 6.92 Å². The lowest BCUT2D eigenvalue weighted by Crippen LogP contribution is -2.51. The summed E-state index contributed by atoms with van der Waals surface area (Å²) >= 11 is 0. The Hall–Kier alpha value is -0.200. The molecule has 5 atom stereocenters. The van der Waals surface area contributed by atoms with E-state index in [1.54, 1.807) is 6.92 Å². The fraction of sp³-hybridized carbons (Fsp3) is 1.00. The van der Waals surface area contributed by atoms with Crippen LogP contribution in [0, 0.1) is 0 Å². The molecule has 2 aliphatic rings. The molecule has 2 heterocycles. The van der Waals surface area contributed by atoms with Gasteiger partial charge in [0.1, 0.15) is 18.3 Å². The van der Waals surface area contributed by atoms with E-state index in [1.807, 2.05) is 0 Å². The van der Waals surface area contributed by atoms with Gasteiger partial charge in [-0.1, -0.05) is 0 Å². The number of hydrogen-bond donors (Lipinski definition) is 2. The summed E-state index contributed by atoms with van der Waals surface area (Å²) in [5, 5.41) is 18.6. The summed E-state index contributed by atoms with van der Waals surface area (Å²) in [6.07, 6.45) is -3.24. The number of hydrogen-bond acceptors (Lipinski definition) is 5. The maximum absolute atomic E-state index is 9.43. The Labute approximate surface area is 69.8 Å². The highest BCUT2D eigenvalue weighted by Crippen LogP contribution is 2.27. The van der Waals surface area contributed by atoms with E-state index in [-0.39, 0.29) is 12.9 Å². The smallest absolute Gasteiger partial charge is 0.189 e. The predicted molar refractivity (Wildman–Crippen MR) is 37.2 cm³/mol. The molecular weight excluding hydrogens is 164 g/mol. The van der Waals surface area contributed by atoms with Gasteiger partial charge >= 0.3 is 0 Å². The van der Waals surface area contributed by atoms with Crippen molar-refractivity contribution in [1.29, 1.82) is 0 Å². The van der Waals surface area contributed by atoms with E-state index in [0.717, 1.165) is 0 Å². The average molecular weight is 176 g/mol. The Bertz CT molecular complexity index is 171. The lowest BCUT2D eigenvalue weighted by atomic mass is 10.1. The van der Waals surface area contributed by atoms with E-state index in [0.29, 0.717) is 0 Å². The SMILES string of the molecule is CC1OC2OCC(O)C(O)C2O1. The molecule has 2 fully saturated rings. The molecule has 0 radical (unpaired) electrons. The van der Waals surface area contributed by atoms with Gasteiger partial charge in [-0.15, -0.1) is 0 Å². The second kappa shape index (κ2) is 2.93. The molecule has 2 aliphatic heterocycles. The minimum Gasteiger partial charge on any atom is -0.388 e. The van der Waals surface area contributed by atoms with Crippen molar-refractivity contribution in [2.45, 2.75) is 37.8 Å². The van der Waals surface area contributed by atoms with Crippen molar-refractivity contribution < 1.29 is 24.4 Å². The zero-order valence-electron chi connectivity index (χ0n) is 6.71. The number of aliphatic hydroxyl groups is 2. The summed E-state index contributed by atoms with van der Waals surface area (Å²) < 4.78 is 15.5. The normalized spacial score (nSPS) is 53.8. The topological polar surface area (TPSA) is 68.2 Å². The first kappa shape index (κ1) is 8.40. The Kier molecular flexibility index (Phi) is 2.05. The summed E-state index contributed by atoms with van der Waals surface area (Å²) in [6.45, 7) is 1.82. The quantitative estimate of drug-likeness (QED) is 0.486. The first-order valence-electron chi connectivity index (χ1n) is 3.97. The summed E-state index contributed by atoms with van der Waals surface area (Å²) in [7, 11) is 0. The highest BCUT2D eigenvalue weighted by molar-refractivity contribution is 4.86. The summed E-state index contributed by atoms with van der Waals surface area (Å²) in [5.41, 5.74) is 0. The minimum absolute atomic E-state index is 0.0956. The third kappa shape index (κ3) is 1.23. The first-order valence-corrected chi connectivity index (χ1v) is 3.97. The lowest BCUT2D eigenvalue weighted by molar-refractivity contribution is -0.210. The van der Waals surface area contributed by atoms with Gasteiger partial charge < -0.3 is 24.4 Å². The fourth-order valence-electron chi connectivity index (χ4n) is 1.47. The zero-order chi connectivity index (χ0) is 8.72. The van der Waals surface area contributed by atoms with Crippen LogP contribution in [0.5, 0.6) is 0 Å². The summed E-state index contributed by atoms with van der Waals surface area (Å²) in [5.74, 6) is 0. The van der Waals surface area contributed by atoms with Gasteiger partial charge in [-0.2, -0.15) is 0 Å². The maximum atomic E-state index is 9.43. The molecule has 5 heteroatoms. The largest absolute Gasteiger partial charge is 0.388 e. The van der Waals surface area contributed by atoms with E-state index in [9.17, 15) is 10.2 Å². The number of fused-ring (bicyclic) bond motifs is 1. The van der Waals surface area contributed by atoms with Crippen LogP contribution in [-0.4, -0.2) is 47.7 Å². The molecule has 2 N–H and O–H groups in total. The van der Waals surface area contributed by atoms with Crippen LogP contribution < -0.4 is 0 Å². The number of aliphatic hydroxyl groups excluding tert-OH is 2. The van der Waals surface area contributed by atoms with Crippen LogP contribution in [-0.2, 0) is 14.2 Å². The van der Waals surface area contributed by atoms with Crippen molar-refractivity contribution in [1.82, 2.24) is 0 Å². The highest BCUT2D eigenvalue weighted by atomic mass is 16.8. The molecule has 5 nitrogen and oxygen atoms in total. The third-order valence-corrected chi connectivity index (χ3v) is 2.10. The minimum atomic E-state index is -0.909. The molecular formula is C7H12O5. The molecule has 12 heavy (non-hydrogen) atoms. The van der Waals surface area contributed by atoms with Crippen molar-refractivity contribution in [2.24, 2.45) is 0 Å². The van der Waals surface area contributed by atoms with E-state index in [2.05, 4.69) is 0 Å². The summed E-state index contributed by atoms with van der Waals surface area (Å²) in [6, 6.07) is 0. The van der Waals surface area contributed by atoms with Crippen LogP contribution in [0.4, 0.5) is 0 Å². The Morgan fingerprint density at radius 2 is 2.00 bits per heavy atom. The van der Waals surface area contributed by atoms with E-state index in [1.165, 1.54) is 0 Å². The van der Waals surface area contributed by atoms with Crippen LogP contribution in [0.25, 0.3) is 0 Å². The van der Waals surface area contributed by atoms with Crippen LogP contribution >= 0.6 is 0 Å². The third-order valence-electron chi connectivity index (χ3n) is 2.10. The van der Waals surface area contributed by atoms with Gasteiger partial charge in [0.25, 0.3) is 0 Å². The Balaban J connectivity index is 2.06. The van der Waals surface area contributed by atoms with Gasteiger partial charge in [0.15, 0.2) is 12.6 Å². The number of ether oxygens (including phenoxy) is 3. The first-order chi connectivity index (χ1) is 5.68. The van der Waals surface area contributed by atoms with Crippen molar-refractivity contribution in [3.05, 3.63) is 0 Å². The van der Waals surface area contributed by atoms with E-state index < -0.39 is 24.6 Å². The molecule has 0 aromatic heterocycles. The molecule has 2 saturated heterocycles. The molecule has 0 saturated carbocycles. The van der Waals surface area contributed by atoms with Gasteiger partial charge in [0.05, 0.1) is 6.61 Å².